The molecule has 0 spiro atoms. The fraction of sp³-hybridized carbons (Fsp3) is 0.286. The molecule has 2 aromatic rings. The van der Waals surface area contributed by atoms with Gasteiger partial charge in [0.05, 0.1) is 0 Å². The van der Waals surface area contributed by atoms with E-state index in [2.05, 4.69) is 22.5 Å². The van der Waals surface area contributed by atoms with E-state index < -0.39 is 5.25 Å². The van der Waals surface area contributed by atoms with Gasteiger partial charge in [-0.1, -0.05) is 43.3 Å². The summed E-state index contributed by atoms with van der Waals surface area (Å²) >= 11 is 1.32. The number of thioether (sulfide) groups is 1. The molecule has 1 heterocycles. The lowest BCUT2D eigenvalue weighted by Gasteiger charge is -2.09. The molecule has 1 aliphatic rings. The summed E-state index contributed by atoms with van der Waals surface area (Å²) in [5.41, 5.74) is 0.658. The molecule has 1 aliphatic heterocycles. The number of nitrogens with one attached hydrogen (secondary N) is 2. The first kappa shape index (κ1) is 19.9. The summed E-state index contributed by atoms with van der Waals surface area (Å²) in [7, 11) is 0. The molecule has 0 aromatic heterocycles. The largest absolute Gasteiger partial charge is 0.457 e. The topological polar surface area (TPSA) is 79.8 Å². The maximum absolute atomic E-state index is 12.3. The highest BCUT2D eigenvalue weighted by Gasteiger charge is 2.31. The molecule has 1 saturated heterocycles. The van der Waals surface area contributed by atoms with Crippen LogP contribution in [0.15, 0.2) is 59.6 Å². The standard InChI is InChI=1S/C21H23N3O3S/c1-2-3-13-22-21-24-20(26)18(28-21)14-19(25)23-15-9-11-17(12-10-15)27-16-7-5-4-6-8-16/h4-12,18H,2-3,13-14H2,1H3,(H,23,25)(H,22,24,26)/t18-/m1/s1. The van der Waals surface area contributed by atoms with Gasteiger partial charge in [-0.25, -0.2) is 0 Å². The molecule has 2 aromatic carbocycles. The second-order valence-electron chi connectivity index (χ2n) is 6.33. The van der Waals surface area contributed by atoms with Crippen LogP contribution in [0.1, 0.15) is 26.2 Å². The first-order valence-corrected chi connectivity index (χ1v) is 10.2. The monoisotopic (exact) mass is 397 g/mol. The summed E-state index contributed by atoms with van der Waals surface area (Å²) in [5.74, 6) is 1.06. The number of ether oxygens (including phenoxy) is 1. The van der Waals surface area contributed by atoms with Gasteiger partial charge in [-0.15, -0.1) is 0 Å². The lowest BCUT2D eigenvalue weighted by Crippen LogP contribution is -2.28. The van der Waals surface area contributed by atoms with Gasteiger partial charge in [-0.2, -0.15) is 0 Å². The summed E-state index contributed by atoms with van der Waals surface area (Å²) in [6.07, 6.45) is 2.14. The van der Waals surface area contributed by atoms with Gasteiger partial charge < -0.3 is 15.4 Å². The molecule has 1 fully saturated rings. The van der Waals surface area contributed by atoms with E-state index in [1.54, 1.807) is 24.3 Å². The van der Waals surface area contributed by atoms with Crippen molar-refractivity contribution >= 4 is 34.4 Å². The van der Waals surface area contributed by atoms with Crippen LogP contribution in [0.3, 0.4) is 0 Å². The molecule has 3 rings (SSSR count). The summed E-state index contributed by atoms with van der Waals surface area (Å²) in [5, 5.41) is 5.73. The lowest BCUT2D eigenvalue weighted by atomic mass is 10.2. The Bertz CT molecular complexity index is 838. The van der Waals surface area contributed by atoms with Crippen molar-refractivity contribution < 1.29 is 14.3 Å². The molecule has 1 atom stereocenters. The molecule has 7 heteroatoms. The van der Waals surface area contributed by atoms with E-state index in [9.17, 15) is 9.59 Å². The second kappa shape index (κ2) is 9.94. The van der Waals surface area contributed by atoms with Gasteiger partial charge in [0.1, 0.15) is 16.7 Å². The number of amidine groups is 1. The number of amides is 2. The Labute approximate surface area is 168 Å². The molecule has 146 valence electrons. The predicted octanol–water partition coefficient (Wildman–Crippen LogP) is 4.20. The van der Waals surface area contributed by atoms with Crippen molar-refractivity contribution in [2.75, 3.05) is 11.9 Å². The molecule has 0 unspecified atom stereocenters. The molecule has 2 amide bonds. The van der Waals surface area contributed by atoms with Crippen LogP contribution in [0.4, 0.5) is 5.69 Å². The molecule has 6 nitrogen and oxygen atoms in total. The maximum Gasteiger partial charge on any atom is 0.240 e. The molecular formula is C21H23N3O3S. The highest BCUT2D eigenvalue weighted by molar-refractivity contribution is 8.15. The third-order valence-corrected chi connectivity index (χ3v) is 5.15. The maximum atomic E-state index is 12.3. The Hall–Kier alpha value is -2.80. The minimum atomic E-state index is -0.443. The van der Waals surface area contributed by atoms with Crippen LogP contribution < -0.4 is 15.4 Å². The van der Waals surface area contributed by atoms with E-state index >= 15 is 0 Å². The second-order valence-corrected chi connectivity index (χ2v) is 7.52. The smallest absolute Gasteiger partial charge is 0.240 e. The van der Waals surface area contributed by atoms with E-state index in [0.717, 1.165) is 18.6 Å². The number of aliphatic imine (C=N–C) groups is 1. The average Bonchev–Trinajstić information content (AvgIpc) is 3.03. The van der Waals surface area contributed by atoms with Crippen LogP contribution in [-0.2, 0) is 9.59 Å². The van der Waals surface area contributed by atoms with Crippen LogP contribution in [0, 0.1) is 0 Å². The van der Waals surface area contributed by atoms with Gasteiger partial charge in [0.2, 0.25) is 11.8 Å². The van der Waals surface area contributed by atoms with E-state index in [0.29, 0.717) is 23.1 Å². The fourth-order valence-corrected chi connectivity index (χ4v) is 3.56. The van der Waals surface area contributed by atoms with Gasteiger partial charge in [0.25, 0.3) is 0 Å². The molecular weight excluding hydrogens is 374 g/mol. The molecule has 0 saturated carbocycles. The number of para-hydroxylation sites is 1. The summed E-state index contributed by atoms with van der Waals surface area (Å²) in [4.78, 5) is 28.6. The number of carbonyl (C=O) groups excluding carboxylic acids is 2. The third kappa shape index (κ3) is 5.85. The lowest BCUT2D eigenvalue weighted by molar-refractivity contribution is -0.122. The van der Waals surface area contributed by atoms with Crippen LogP contribution >= 0.6 is 11.8 Å². The van der Waals surface area contributed by atoms with Gasteiger partial charge in [0.15, 0.2) is 5.17 Å². The van der Waals surface area contributed by atoms with E-state index in [1.807, 2.05) is 30.3 Å². The van der Waals surface area contributed by atoms with E-state index in [1.165, 1.54) is 11.8 Å². The predicted molar refractivity (Wildman–Crippen MR) is 113 cm³/mol. The van der Waals surface area contributed by atoms with E-state index in [-0.39, 0.29) is 18.2 Å². The average molecular weight is 398 g/mol. The van der Waals surface area contributed by atoms with Crippen LogP contribution in [0.5, 0.6) is 11.5 Å². The molecule has 0 aliphatic carbocycles. The molecule has 0 bridgehead atoms. The van der Waals surface area contributed by atoms with Gasteiger partial charge in [0, 0.05) is 18.7 Å². The molecule has 0 radical (unpaired) electrons. The van der Waals surface area contributed by atoms with Crippen molar-refractivity contribution in [3.05, 3.63) is 54.6 Å². The zero-order valence-corrected chi connectivity index (χ0v) is 16.5. The van der Waals surface area contributed by atoms with Gasteiger partial charge in [-0.05, 0) is 42.8 Å². The SMILES string of the molecule is CCCCN=C1NC(=O)[C@@H](CC(=O)Nc2ccc(Oc3ccccc3)cc2)S1. The van der Waals surface area contributed by atoms with Crippen molar-refractivity contribution in [1.82, 2.24) is 5.32 Å². The van der Waals surface area contributed by atoms with Crippen LogP contribution in [-0.4, -0.2) is 28.8 Å². The normalized spacial score (nSPS) is 17.4. The van der Waals surface area contributed by atoms with Gasteiger partial charge in [-0.3, -0.25) is 14.6 Å². The van der Waals surface area contributed by atoms with Gasteiger partial charge >= 0.3 is 0 Å². The van der Waals surface area contributed by atoms with Crippen LogP contribution in [0.2, 0.25) is 0 Å². The van der Waals surface area contributed by atoms with Crippen molar-refractivity contribution in [1.29, 1.82) is 0 Å². The summed E-state index contributed by atoms with van der Waals surface area (Å²) in [6.45, 7) is 2.78. The fourth-order valence-electron chi connectivity index (χ4n) is 2.56. The first-order valence-electron chi connectivity index (χ1n) is 9.29. The highest BCUT2D eigenvalue weighted by atomic mass is 32.2. The number of hydrogen-bond donors (Lipinski definition) is 2. The number of unbranched alkanes of at least 4 members (excludes halogenated alkanes) is 1. The Morgan fingerprint density at radius 2 is 1.86 bits per heavy atom. The summed E-state index contributed by atoms with van der Waals surface area (Å²) in [6, 6.07) is 16.6. The number of hydrogen-bond acceptors (Lipinski definition) is 5. The first-order chi connectivity index (χ1) is 13.6. The Morgan fingerprint density at radius 1 is 1.14 bits per heavy atom. The van der Waals surface area contributed by atoms with E-state index in [4.69, 9.17) is 4.74 Å². The Balaban J connectivity index is 1.49. The Kier molecular flexibility index (Phi) is 7.08. The molecule has 28 heavy (non-hydrogen) atoms. The van der Waals surface area contributed by atoms with Crippen molar-refractivity contribution in [2.45, 2.75) is 31.4 Å². The number of nitrogens with zero attached hydrogens (tertiary/aromatic N) is 1. The number of carbonyl (C=O) groups is 2. The number of benzene rings is 2. The zero-order valence-electron chi connectivity index (χ0n) is 15.7. The number of rotatable bonds is 8. The highest BCUT2D eigenvalue weighted by Crippen LogP contribution is 2.25. The minimum Gasteiger partial charge on any atom is -0.457 e. The minimum absolute atomic E-state index is 0.103. The van der Waals surface area contributed by atoms with Crippen LogP contribution in [0.25, 0.3) is 0 Å². The molecule has 2 N–H and O–H groups in total. The quantitative estimate of drug-likeness (QED) is 0.655. The van der Waals surface area contributed by atoms with Crippen molar-refractivity contribution in [2.24, 2.45) is 4.99 Å². The third-order valence-electron chi connectivity index (χ3n) is 4.03. The van der Waals surface area contributed by atoms with Crippen molar-refractivity contribution in [3.8, 4) is 11.5 Å². The number of anilines is 1. The van der Waals surface area contributed by atoms with Crippen molar-refractivity contribution in [3.63, 3.8) is 0 Å². The zero-order chi connectivity index (χ0) is 19.8. The summed E-state index contributed by atoms with van der Waals surface area (Å²) < 4.78 is 5.73. The Morgan fingerprint density at radius 3 is 2.57 bits per heavy atom.